The number of hydrogen-bond acceptors (Lipinski definition) is 8. The zero-order chi connectivity index (χ0) is 23.8. The van der Waals surface area contributed by atoms with E-state index in [0.717, 1.165) is 10.8 Å². The van der Waals surface area contributed by atoms with E-state index in [1.165, 1.54) is 0 Å². The summed E-state index contributed by atoms with van der Waals surface area (Å²) in [7, 11) is -10.2. The molecule has 0 fully saturated rings. The van der Waals surface area contributed by atoms with Crippen molar-refractivity contribution in [1.29, 1.82) is 0 Å². The van der Waals surface area contributed by atoms with Crippen LogP contribution in [0.3, 0.4) is 0 Å². The maximum absolute atomic E-state index is 11.6. The van der Waals surface area contributed by atoms with Gasteiger partial charge < -0.3 is 17.5 Å². The molecule has 6 aromatic carbocycles. The zero-order valence-electron chi connectivity index (χ0n) is 19.0. The molecule has 36 heavy (non-hydrogen) atoms. The van der Waals surface area contributed by atoms with Gasteiger partial charge in [-0.1, -0.05) is 60.7 Å². The van der Waals surface area contributed by atoms with Crippen molar-refractivity contribution in [1.82, 2.24) is 0 Å². The summed E-state index contributed by atoms with van der Waals surface area (Å²) in [6.07, 6.45) is 0. The smallest absolute Gasteiger partial charge is 0.716 e. The van der Waals surface area contributed by atoms with Gasteiger partial charge in [0.05, 0.1) is 0 Å². The SMILES string of the molecule is O=S(=O)([O-])Oc1c2ccccc2c2ccc3c(OS(=O)(=O)[O-])c4ccccc4c4ccc1c2c34.[Na+].[Na+]. The molecule has 0 radical (unpaired) electrons. The first kappa shape index (κ1) is 27.3. The van der Waals surface area contributed by atoms with Gasteiger partial charge in [0, 0.05) is 32.3 Å². The average molecular weight is 538 g/mol. The molecular weight excluding hydrogens is 526 g/mol. The summed E-state index contributed by atoms with van der Waals surface area (Å²) in [6.45, 7) is 0. The van der Waals surface area contributed by atoms with Crippen molar-refractivity contribution < 1.29 is 93.4 Å². The molecule has 0 N–H and O–H groups in total. The van der Waals surface area contributed by atoms with Crippen molar-refractivity contribution in [2.45, 2.75) is 0 Å². The Labute approximate surface area is 250 Å². The third-order valence-corrected chi connectivity index (χ3v) is 6.69. The minimum absolute atomic E-state index is 0. The molecule has 0 bridgehead atoms. The second-order valence-electron chi connectivity index (χ2n) is 7.80. The first-order chi connectivity index (χ1) is 16.1. The van der Waals surface area contributed by atoms with Crippen LogP contribution in [0.25, 0.3) is 53.9 Å². The largest absolute Gasteiger partial charge is 1.00 e. The molecule has 170 valence electrons. The molecule has 0 aliphatic rings. The molecular formula is C24H12Na2O8S2. The van der Waals surface area contributed by atoms with Crippen LogP contribution < -0.4 is 67.5 Å². The van der Waals surface area contributed by atoms with E-state index >= 15 is 0 Å². The molecule has 0 heterocycles. The summed E-state index contributed by atoms with van der Waals surface area (Å²) in [5.74, 6) is -0.251. The standard InChI is InChI=1S/C24H14O8S2.2Na/c25-33(26,27)31-23-17-7-3-1-5-13(17)15-9-11-20-22-16(10-12-19(23)21(15)22)14-6-2-4-8-18(14)24(20)32-34(28,29)30;;/h1-12H,(H,25,26,27)(H,28,29,30);;/q;2*+1/p-2. The predicted molar refractivity (Wildman–Crippen MR) is 126 cm³/mol. The second kappa shape index (κ2) is 9.55. The van der Waals surface area contributed by atoms with Crippen LogP contribution in [0.15, 0.2) is 72.8 Å². The van der Waals surface area contributed by atoms with Crippen LogP contribution in [0.5, 0.6) is 11.5 Å². The number of benzene rings is 6. The van der Waals surface area contributed by atoms with Gasteiger partial charge in [-0.2, -0.15) is 0 Å². The van der Waals surface area contributed by atoms with Crippen LogP contribution in [-0.2, 0) is 20.8 Å². The molecule has 8 nitrogen and oxygen atoms in total. The van der Waals surface area contributed by atoms with Gasteiger partial charge in [0.1, 0.15) is 0 Å². The molecule has 0 atom stereocenters. The Balaban J connectivity index is 0.00000152. The molecule has 0 saturated carbocycles. The van der Waals surface area contributed by atoms with E-state index in [2.05, 4.69) is 0 Å². The maximum atomic E-state index is 11.6. The van der Waals surface area contributed by atoms with Crippen LogP contribution in [0.1, 0.15) is 0 Å². The Morgan fingerprint density at radius 2 is 0.750 bits per heavy atom. The Hall–Kier alpha value is -1.70. The second-order valence-corrected chi connectivity index (χ2v) is 9.77. The molecule has 6 rings (SSSR count). The number of hydrogen-bond donors (Lipinski definition) is 0. The van der Waals surface area contributed by atoms with Crippen molar-refractivity contribution in [2.24, 2.45) is 0 Å². The number of rotatable bonds is 4. The van der Waals surface area contributed by atoms with E-state index in [9.17, 15) is 25.9 Å². The summed E-state index contributed by atoms with van der Waals surface area (Å²) in [5, 5.41) is 5.36. The fourth-order valence-electron chi connectivity index (χ4n) is 4.83. The van der Waals surface area contributed by atoms with E-state index in [1.54, 1.807) is 72.8 Å². The van der Waals surface area contributed by atoms with Crippen LogP contribution in [0.4, 0.5) is 0 Å². The fourth-order valence-corrected chi connectivity index (χ4v) is 5.60. The van der Waals surface area contributed by atoms with Gasteiger partial charge in [0.2, 0.25) is 0 Å². The van der Waals surface area contributed by atoms with E-state index in [1.807, 2.05) is 0 Å². The Morgan fingerprint density at radius 3 is 1.08 bits per heavy atom. The fraction of sp³-hybridized carbons (Fsp3) is 0. The van der Waals surface area contributed by atoms with Crippen LogP contribution in [0.2, 0.25) is 0 Å². The van der Waals surface area contributed by atoms with E-state index in [-0.39, 0.29) is 70.6 Å². The summed E-state index contributed by atoms with van der Waals surface area (Å²) in [4.78, 5) is 0. The van der Waals surface area contributed by atoms with Gasteiger partial charge in [-0.3, -0.25) is 0 Å². The molecule has 6 aromatic rings. The quantitative estimate of drug-likeness (QED) is 0.0878. The van der Waals surface area contributed by atoms with E-state index < -0.39 is 20.8 Å². The summed E-state index contributed by atoms with van der Waals surface area (Å²) < 4.78 is 79.4. The van der Waals surface area contributed by atoms with Gasteiger partial charge in [0.15, 0.2) is 11.5 Å². The topological polar surface area (TPSA) is 133 Å². The third-order valence-electron chi connectivity index (χ3n) is 5.94. The summed E-state index contributed by atoms with van der Waals surface area (Å²) >= 11 is 0. The molecule has 12 heteroatoms. The van der Waals surface area contributed by atoms with Crippen LogP contribution >= 0.6 is 0 Å². The minimum Gasteiger partial charge on any atom is -0.716 e. The molecule has 0 saturated heterocycles. The van der Waals surface area contributed by atoms with E-state index in [4.69, 9.17) is 8.37 Å². The van der Waals surface area contributed by atoms with Gasteiger partial charge in [-0.15, -0.1) is 0 Å². The molecule has 0 amide bonds. The molecule has 0 spiro atoms. The van der Waals surface area contributed by atoms with Crippen molar-refractivity contribution in [3.8, 4) is 11.5 Å². The van der Waals surface area contributed by atoms with Gasteiger partial charge in [-0.05, 0) is 33.7 Å². The average Bonchev–Trinajstić information content (AvgIpc) is 2.78. The van der Waals surface area contributed by atoms with Gasteiger partial charge >= 0.3 is 59.1 Å². The molecule has 0 aromatic heterocycles. The first-order valence-corrected chi connectivity index (χ1v) is 12.6. The summed E-state index contributed by atoms with van der Waals surface area (Å²) in [5.41, 5.74) is 0. The van der Waals surface area contributed by atoms with Crippen molar-refractivity contribution in [3.63, 3.8) is 0 Å². The third kappa shape index (κ3) is 4.45. The van der Waals surface area contributed by atoms with E-state index in [0.29, 0.717) is 43.1 Å². The first-order valence-electron chi connectivity index (χ1n) is 9.97. The van der Waals surface area contributed by atoms with Crippen LogP contribution in [0, 0.1) is 0 Å². The predicted octanol–water partition coefficient (Wildman–Crippen LogP) is -1.42. The van der Waals surface area contributed by atoms with Crippen LogP contribution in [-0.4, -0.2) is 25.9 Å². The number of fused-ring (bicyclic) bond motifs is 4. The van der Waals surface area contributed by atoms with Gasteiger partial charge in [0.25, 0.3) is 20.8 Å². The van der Waals surface area contributed by atoms with Crippen molar-refractivity contribution >= 4 is 74.7 Å². The Kier molecular flexibility index (Phi) is 7.26. The minimum atomic E-state index is -5.10. The molecule has 0 aliphatic heterocycles. The Bertz CT molecular complexity index is 1880. The van der Waals surface area contributed by atoms with Gasteiger partial charge in [-0.25, -0.2) is 16.8 Å². The maximum Gasteiger partial charge on any atom is 1.00 e. The zero-order valence-corrected chi connectivity index (χ0v) is 24.6. The Morgan fingerprint density at radius 1 is 0.444 bits per heavy atom. The van der Waals surface area contributed by atoms with Crippen molar-refractivity contribution in [3.05, 3.63) is 72.8 Å². The van der Waals surface area contributed by atoms with Crippen molar-refractivity contribution in [2.75, 3.05) is 0 Å². The monoisotopic (exact) mass is 538 g/mol. The molecule has 0 aliphatic carbocycles. The summed E-state index contributed by atoms with van der Waals surface area (Å²) in [6, 6.07) is 20.6. The molecule has 0 unspecified atom stereocenters. The normalized spacial score (nSPS) is 12.2.